The maximum atomic E-state index is 12.6. The van der Waals surface area contributed by atoms with Crippen LogP contribution in [0.25, 0.3) is 0 Å². The third kappa shape index (κ3) is 4.04. The minimum Gasteiger partial charge on any atom is -0.467 e. The highest BCUT2D eigenvalue weighted by Gasteiger charge is 2.36. The van der Waals surface area contributed by atoms with Crippen molar-refractivity contribution in [2.75, 3.05) is 26.2 Å². The molecule has 2 aliphatic heterocycles. The predicted molar refractivity (Wildman–Crippen MR) is 91.6 cm³/mol. The van der Waals surface area contributed by atoms with Crippen LogP contribution < -0.4 is 10.6 Å². The van der Waals surface area contributed by atoms with Gasteiger partial charge in [-0.3, -0.25) is 4.90 Å². The van der Waals surface area contributed by atoms with Gasteiger partial charge in [0.05, 0.1) is 18.4 Å². The zero-order valence-corrected chi connectivity index (χ0v) is 14.7. The Bertz CT molecular complexity index is 653. The maximum Gasteiger partial charge on any atom is 0.338 e. The number of carbonyl (C=O) groups excluding carboxylic acids is 2. The lowest BCUT2D eigenvalue weighted by atomic mass is 9.97. The second kappa shape index (κ2) is 7.74. The third-order valence-corrected chi connectivity index (χ3v) is 4.60. The van der Waals surface area contributed by atoms with Gasteiger partial charge in [-0.15, -0.1) is 0 Å². The Labute approximate surface area is 147 Å². The summed E-state index contributed by atoms with van der Waals surface area (Å²) in [5.74, 6) is 0.692. The normalized spacial score (nSPS) is 24.6. The highest BCUT2D eigenvalue weighted by atomic mass is 16.5. The molecule has 2 unspecified atom stereocenters. The minimum atomic E-state index is -0.639. The van der Waals surface area contributed by atoms with Crippen LogP contribution in [-0.2, 0) is 9.53 Å². The number of amides is 2. The second-order valence-electron chi connectivity index (χ2n) is 6.64. The minimum absolute atomic E-state index is 0.273. The van der Waals surface area contributed by atoms with Gasteiger partial charge in [0.15, 0.2) is 0 Å². The number of hydrogen-bond donors (Lipinski definition) is 2. The number of carbonyl (C=O) groups is 2. The van der Waals surface area contributed by atoms with Gasteiger partial charge in [-0.1, -0.05) is 6.92 Å². The lowest BCUT2D eigenvalue weighted by Gasteiger charge is -2.34. The van der Waals surface area contributed by atoms with E-state index < -0.39 is 12.0 Å². The molecular formula is C18H25N3O4. The molecule has 0 bridgehead atoms. The molecule has 7 nitrogen and oxygen atoms in total. The number of likely N-dealkylation sites (tertiary alicyclic amines) is 1. The van der Waals surface area contributed by atoms with E-state index in [2.05, 4.69) is 22.5 Å². The fourth-order valence-corrected chi connectivity index (χ4v) is 3.52. The molecular weight excluding hydrogens is 322 g/mol. The Morgan fingerprint density at radius 3 is 3.00 bits per heavy atom. The molecule has 0 aromatic carbocycles. The van der Waals surface area contributed by atoms with Crippen molar-refractivity contribution in [2.45, 2.75) is 32.7 Å². The number of nitrogens with zero attached hydrogens (tertiary/aromatic N) is 1. The molecule has 2 N–H and O–H groups in total. The van der Waals surface area contributed by atoms with Crippen LogP contribution in [0.3, 0.4) is 0 Å². The van der Waals surface area contributed by atoms with Crippen LogP contribution >= 0.6 is 0 Å². The van der Waals surface area contributed by atoms with Crippen LogP contribution in [0.5, 0.6) is 0 Å². The summed E-state index contributed by atoms with van der Waals surface area (Å²) >= 11 is 0. The molecule has 1 aromatic rings. The van der Waals surface area contributed by atoms with Gasteiger partial charge in [-0.2, -0.15) is 0 Å². The molecule has 25 heavy (non-hydrogen) atoms. The second-order valence-corrected chi connectivity index (χ2v) is 6.64. The van der Waals surface area contributed by atoms with Crippen molar-refractivity contribution in [3.8, 4) is 0 Å². The number of ether oxygens (including phenoxy) is 1. The van der Waals surface area contributed by atoms with Gasteiger partial charge in [0.1, 0.15) is 11.8 Å². The van der Waals surface area contributed by atoms with Crippen molar-refractivity contribution in [2.24, 2.45) is 5.92 Å². The predicted octanol–water partition coefficient (Wildman–Crippen LogP) is 2.18. The summed E-state index contributed by atoms with van der Waals surface area (Å²) in [5, 5.41) is 5.57. The zero-order chi connectivity index (χ0) is 17.8. The molecule has 2 aliphatic rings. The van der Waals surface area contributed by atoms with Crippen LogP contribution in [0, 0.1) is 5.92 Å². The summed E-state index contributed by atoms with van der Waals surface area (Å²) in [5.41, 5.74) is 1.01. The highest BCUT2D eigenvalue weighted by molar-refractivity contribution is 5.95. The molecule has 136 valence electrons. The van der Waals surface area contributed by atoms with Crippen LogP contribution in [0.2, 0.25) is 0 Å². The third-order valence-electron chi connectivity index (χ3n) is 4.60. The number of furan rings is 1. The van der Waals surface area contributed by atoms with E-state index in [1.54, 1.807) is 19.1 Å². The SMILES string of the molecule is CCOC(=O)C1=C(CN2CCCC(C)C2)NC(=O)NC1c1ccco1. The summed E-state index contributed by atoms with van der Waals surface area (Å²) in [6, 6.07) is 2.50. The molecule has 3 rings (SSSR count). The van der Waals surface area contributed by atoms with Crippen LogP contribution in [-0.4, -0.2) is 43.1 Å². The monoisotopic (exact) mass is 347 g/mol. The Kier molecular flexibility index (Phi) is 5.43. The average Bonchev–Trinajstić information content (AvgIpc) is 3.09. The number of nitrogens with one attached hydrogen (secondary N) is 2. The molecule has 3 heterocycles. The van der Waals surface area contributed by atoms with Gasteiger partial charge in [-0.25, -0.2) is 9.59 Å². The van der Waals surface area contributed by atoms with Gasteiger partial charge >= 0.3 is 12.0 Å². The molecule has 0 saturated carbocycles. The molecule has 0 spiro atoms. The Balaban J connectivity index is 1.93. The topological polar surface area (TPSA) is 83.8 Å². The number of esters is 1. The summed E-state index contributed by atoms with van der Waals surface area (Å²) < 4.78 is 10.7. The molecule has 2 amide bonds. The molecule has 0 radical (unpaired) electrons. The Morgan fingerprint density at radius 2 is 2.32 bits per heavy atom. The summed E-state index contributed by atoms with van der Waals surface area (Å²) in [6.45, 7) is 6.69. The zero-order valence-electron chi connectivity index (χ0n) is 14.7. The fourth-order valence-electron chi connectivity index (χ4n) is 3.52. The summed E-state index contributed by atoms with van der Waals surface area (Å²) in [6.07, 6.45) is 3.86. The Morgan fingerprint density at radius 1 is 1.48 bits per heavy atom. The number of rotatable bonds is 5. The standard InChI is InChI=1S/C18H25N3O4/c1-3-24-17(22)15-13(11-21-8-4-6-12(2)10-21)19-18(23)20-16(15)14-7-5-9-25-14/h5,7,9,12,16H,3-4,6,8,10-11H2,1-2H3,(H2,19,20,23). The van der Waals surface area contributed by atoms with Crippen LogP contribution in [0.4, 0.5) is 4.79 Å². The first kappa shape index (κ1) is 17.5. The average molecular weight is 347 g/mol. The molecule has 1 fully saturated rings. The fraction of sp³-hybridized carbons (Fsp3) is 0.556. The van der Waals surface area contributed by atoms with Crippen molar-refractivity contribution in [1.82, 2.24) is 15.5 Å². The van der Waals surface area contributed by atoms with E-state index in [4.69, 9.17) is 9.15 Å². The molecule has 7 heteroatoms. The first-order valence-corrected chi connectivity index (χ1v) is 8.82. The van der Waals surface area contributed by atoms with Gasteiger partial charge < -0.3 is 19.8 Å². The smallest absolute Gasteiger partial charge is 0.338 e. The first-order valence-electron chi connectivity index (χ1n) is 8.82. The Hall–Kier alpha value is -2.28. The molecule has 1 aromatic heterocycles. The maximum absolute atomic E-state index is 12.6. The number of piperidine rings is 1. The lowest BCUT2D eigenvalue weighted by Crippen LogP contribution is -2.49. The van der Waals surface area contributed by atoms with Gasteiger partial charge in [0.25, 0.3) is 0 Å². The quantitative estimate of drug-likeness (QED) is 0.798. The van der Waals surface area contributed by atoms with E-state index in [1.807, 2.05) is 0 Å². The van der Waals surface area contributed by atoms with E-state index in [-0.39, 0.29) is 12.6 Å². The summed E-state index contributed by atoms with van der Waals surface area (Å²) in [4.78, 5) is 27.0. The van der Waals surface area contributed by atoms with Crippen LogP contribution in [0.1, 0.15) is 38.5 Å². The molecule has 1 saturated heterocycles. The largest absolute Gasteiger partial charge is 0.467 e. The molecule has 2 atom stereocenters. The van der Waals surface area contributed by atoms with E-state index in [0.29, 0.717) is 29.5 Å². The van der Waals surface area contributed by atoms with Crippen molar-refractivity contribution >= 4 is 12.0 Å². The van der Waals surface area contributed by atoms with E-state index >= 15 is 0 Å². The summed E-state index contributed by atoms with van der Waals surface area (Å²) in [7, 11) is 0. The first-order chi connectivity index (χ1) is 12.1. The van der Waals surface area contributed by atoms with Crippen molar-refractivity contribution in [3.63, 3.8) is 0 Å². The lowest BCUT2D eigenvalue weighted by molar-refractivity contribution is -0.139. The van der Waals surface area contributed by atoms with E-state index in [1.165, 1.54) is 12.7 Å². The van der Waals surface area contributed by atoms with E-state index in [0.717, 1.165) is 19.5 Å². The van der Waals surface area contributed by atoms with Gasteiger partial charge in [-0.05, 0) is 44.4 Å². The van der Waals surface area contributed by atoms with E-state index in [9.17, 15) is 9.59 Å². The molecule has 0 aliphatic carbocycles. The number of urea groups is 1. The van der Waals surface area contributed by atoms with Crippen molar-refractivity contribution in [1.29, 1.82) is 0 Å². The van der Waals surface area contributed by atoms with Crippen molar-refractivity contribution in [3.05, 3.63) is 35.4 Å². The van der Waals surface area contributed by atoms with Gasteiger partial charge in [0.2, 0.25) is 0 Å². The highest BCUT2D eigenvalue weighted by Crippen LogP contribution is 2.29. The van der Waals surface area contributed by atoms with Gasteiger partial charge in [0, 0.05) is 18.8 Å². The number of hydrogen-bond acceptors (Lipinski definition) is 5. The van der Waals surface area contributed by atoms with Crippen LogP contribution in [0.15, 0.2) is 34.1 Å². The van der Waals surface area contributed by atoms with Crippen molar-refractivity contribution < 1.29 is 18.7 Å².